The number of benzene rings is 1. The van der Waals surface area contributed by atoms with Gasteiger partial charge in [-0.25, -0.2) is 4.79 Å². The fourth-order valence-electron chi connectivity index (χ4n) is 1.52. The molecule has 112 valence electrons. The molecule has 0 aliphatic heterocycles. The summed E-state index contributed by atoms with van der Waals surface area (Å²) in [5, 5.41) is 8.51. The maximum absolute atomic E-state index is 11.6. The molecule has 0 aliphatic rings. The largest absolute Gasteiger partial charge is 0.493 e. The van der Waals surface area contributed by atoms with Crippen LogP contribution in [0.5, 0.6) is 11.5 Å². The summed E-state index contributed by atoms with van der Waals surface area (Å²) in [6.07, 6.45) is 2.99. The van der Waals surface area contributed by atoms with E-state index in [-0.39, 0.29) is 6.61 Å². The second kappa shape index (κ2) is 7.34. The van der Waals surface area contributed by atoms with Gasteiger partial charge >= 0.3 is 5.97 Å². The van der Waals surface area contributed by atoms with Crippen molar-refractivity contribution in [2.75, 3.05) is 13.7 Å². The average Bonchev–Trinajstić information content (AvgIpc) is 2.41. The van der Waals surface area contributed by atoms with Gasteiger partial charge in [0.1, 0.15) is 11.7 Å². The predicted molar refractivity (Wildman–Crippen MR) is 79.0 cm³/mol. The Kier molecular flexibility index (Phi) is 5.79. The van der Waals surface area contributed by atoms with Crippen molar-refractivity contribution in [3.05, 3.63) is 29.8 Å². The third kappa shape index (κ3) is 6.00. The van der Waals surface area contributed by atoms with Crippen LogP contribution in [-0.2, 0) is 9.53 Å². The molecule has 1 aromatic carbocycles. The van der Waals surface area contributed by atoms with Gasteiger partial charge in [0.2, 0.25) is 0 Å². The first kappa shape index (κ1) is 16.6. The van der Waals surface area contributed by atoms with Gasteiger partial charge in [-0.05, 0) is 44.5 Å². The Labute approximate surface area is 124 Å². The van der Waals surface area contributed by atoms with Crippen LogP contribution in [0.2, 0.25) is 0 Å². The molecule has 5 heteroatoms. The number of nitriles is 1. The highest BCUT2D eigenvalue weighted by molar-refractivity contribution is 5.87. The van der Waals surface area contributed by atoms with E-state index in [2.05, 4.69) is 0 Å². The number of esters is 1. The van der Waals surface area contributed by atoms with E-state index in [1.54, 1.807) is 24.3 Å². The van der Waals surface area contributed by atoms with Crippen LogP contribution in [0.1, 0.15) is 26.3 Å². The van der Waals surface area contributed by atoms with Gasteiger partial charge in [0.05, 0.1) is 7.11 Å². The molecule has 1 rings (SSSR count). The first-order valence-corrected chi connectivity index (χ1v) is 6.44. The predicted octanol–water partition coefficient (Wildman–Crippen LogP) is 2.95. The van der Waals surface area contributed by atoms with E-state index in [4.69, 9.17) is 19.5 Å². The summed E-state index contributed by atoms with van der Waals surface area (Å²) >= 11 is 0. The Hall–Kier alpha value is -2.48. The standard InChI is InChI=1S/C16H19NO4/c1-16(2,3)21-15(18)8-6-12-5-7-13(20-10-9-17)14(11-12)19-4/h5-8,11H,10H2,1-4H3/b8-6+. The zero-order valence-electron chi connectivity index (χ0n) is 12.7. The number of carbonyl (C=O) groups is 1. The summed E-state index contributed by atoms with van der Waals surface area (Å²) in [6, 6.07) is 7.05. The Morgan fingerprint density at radius 3 is 2.62 bits per heavy atom. The molecule has 0 aromatic heterocycles. The van der Waals surface area contributed by atoms with E-state index >= 15 is 0 Å². The van der Waals surface area contributed by atoms with Crippen LogP contribution in [0, 0.1) is 11.3 Å². The Morgan fingerprint density at radius 1 is 1.33 bits per heavy atom. The lowest BCUT2D eigenvalue weighted by Gasteiger charge is -2.17. The van der Waals surface area contributed by atoms with Gasteiger partial charge < -0.3 is 14.2 Å². The molecule has 0 radical (unpaired) electrons. The highest BCUT2D eigenvalue weighted by atomic mass is 16.6. The summed E-state index contributed by atoms with van der Waals surface area (Å²) in [6.45, 7) is 5.37. The van der Waals surface area contributed by atoms with Crippen molar-refractivity contribution >= 4 is 12.0 Å². The highest BCUT2D eigenvalue weighted by Gasteiger charge is 2.14. The van der Waals surface area contributed by atoms with E-state index in [9.17, 15) is 4.79 Å². The lowest BCUT2D eigenvalue weighted by molar-refractivity contribution is -0.148. The van der Waals surface area contributed by atoms with Crippen molar-refractivity contribution in [2.45, 2.75) is 26.4 Å². The van der Waals surface area contributed by atoms with Crippen molar-refractivity contribution in [3.8, 4) is 17.6 Å². The van der Waals surface area contributed by atoms with Crippen molar-refractivity contribution < 1.29 is 19.0 Å². The van der Waals surface area contributed by atoms with Crippen LogP contribution >= 0.6 is 0 Å². The van der Waals surface area contributed by atoms with Gasteiger partial charge in [0.25, 0.3) is 0 Å². The minimum Gasteiger partial charge on any atom is -0.493 e. The molecule has 1 aromatic rings. The maximum Gasteiger partial charge on any atom is 0.331 e. The minimum absolute atomic E-state index is 0.0521. The number of ether oxygens (including phenoxy) is 3. The number of hydrogen-bond donors (Lipinski definition) is 0. The topological polar surface area (TPSA) is 68.6 Å². The van der Waals surface area contributed by atoms with Gasteiger partial charge in [0, 0.05) is 6.08 Å². The molecule has 0 amide bonds. The molecular weight excluding hydrogens is 270 g/mol. The third-order valence-corrected chi connectivity index (χ3v) is 2.30. The minimum atomic E-state index is -0.520. The van der Waals surface area contributed by atoms with Crippen LogP contribution in [0.25, 0.3) is 6.08 Å². The van der Waals surface area contributed by atoms with E-state index < -0.39 is 11.6 Å². The fraction of sp³-hybridized carbons (Fsp3) is 0.375. The highest BCUT2D eigenvalue weighted by Crippen LogP contribution is 2.28. The van der Waals surface area contributed by atoms with Crippen LogP contribution in [0.3, 0.4) is 0 Å². The molecule has 21 heavy (non-hydrogen) atoms. The smallest absolute Gasteiger partial charge is 0.331 e. The quantitative estimate of drug-likeness (QED) is 0.615. The van der Waals surface area contributed by atoms with Crippen LogP contribution < -0.4 is 9.47 Å². The molecule has 0 unspecified atom stereocenters. The third-order valence-electron chi connectivity index (χ3n) is 2.30. The molecule has 0 atom stereocenters. The molecule has 0 heterocycles. The van der Waals surface area contributed by atoms with Crippen molar-refractivity contribution in [1.82, 2.24) is 0 Å². The van der Waals surface area contributed by atoms with E-state index in [1.165, 1.54) is 13.2 Å². The van der Waals surface area contributed by atoms with Crippen LogP contribution in [0.4, 0.5) is 0 Å². The number of methoxy groups -OCH3 is 1. The molecular formula is C16H19NO4. The molecule has 0 aliphatic carbocycles. The normalized spacial score (nSPS) is 11.0. The van der Waals surface area contributed by atoms with E-state index in [1.807, 2.05) is 26.8 Å². The average molecular weight is 289 g/mol. The lowest BCUT2D eigenvalue weighted by Crippen LogP contribution is -2.22. The van der Waals surface area contributed by atoms with Gasteiger partial charge in [-0.1, -0.05) is 6.07 Å². The summed E-state index contributed by atoms with van der Waals surface area (Å²) < 4.78 is 15.6. The number of carbonyl (C=O) groups excluding carboxylic acids is 1. The first-order valence-electron chi connectivity index (χ1n) is 6.44. The number of hydrogen-bond acceptors (Lipinski definition) is 5. The van der Waals surface area contributed by atoms with Crippen LogP contribution in [0.15, 0.2) is 24.3 Å². The Bertz CT molecular complexity index is 565. The summed E-state index contributed by atoms with van der Waals surface area (Å²) in [4.78, 5) is 11.6. The van der Waals surface area contributed by atoms with Crippen molar-refractivity contribution in [3.63, 3.8) is 0 Å². The monoisotopic (exact) mass is 289 g/mol. The first-order chi connectivity index (χ1) is 9.85. The van der Waals surface area contributed by atoms with Gasteiger partial charge in [-0.3, -0.25) is 0 Å². The van der Waals surface area contributed by atoms with E-state index in [0.717, 1.165) is 5.56 Å². The molecule has 0 spiro atoms. The Balaban J connectivity index is 2.81. The lowest BCUT2D eigenvalue weighted by atomic mass is 10.2. The molecule has 0 N–H and O–H groups in total. The maximum atomic E-state index is 11.6. The van der Waals surface area contributed by atoms with E-state index in [0.29, 0.717) is 11.5 Å². The van der Waals surface area contributed by atoms with Crippen molar-refractivity contribution in [2.24, 2.45) is 0 Å². The van der Waals surface area contributed by atoms with Gasteiger partial charge in [-0.15, -0.1) is 0 Å². The number of nitrogens with zero attached hydrogens (tertiary/aromatic N) is 1. The summed E-state index contributed by atoms with van der Waals surface area (Å²) in [5.74, 6) is 0.566. The zero-order valence-corrected chi connectivity index (χ0v) is 12.7. The molecule has 0 bridgehead atoms. The molecule has 0 saturated heterocycles. The fourth-order valence-corrected chi connectivity index (χ4v) is 1.52. The van der Waals surface area contributed by atoms with Gasteiger partial charge in [-0.2, -0.15) is 5.26 Å². The van der Waals surface area contributed by atoms with Crippen LogP contribution in [-0.4, -0.2) is 25.3 Å². The molecule has 0 fully saturated rings. The summed E-state index contributed by atoms with van der Waals surface area (Å²) in [7, 11) is 1.51. The van der Waals surface area contributed by atoms with Crippen molar-refractivity contribution in [1.29, 1.82) is 5.26 Å². The van der Waals surface area contributed by atoms with Gasteiger partial charge in [0.15, 0.2) is 18.1 Å². The molecule has 0 saturated carbocycles. The SMILES string of the molecule is COc1cc(/C=C/C(=O)OC(C)(C)C)ccc1OCC#N. The zero-order chi connectivity index (χ0) is 15.9. The number of rotatable bonds is 5. The summed E-state index contributed by atoms with van der Waals surface area (Å²) in [5.41, 5.74) is 0.246. The second-order valence-corrected chi connectivity index (χ2v) is 5.22. The second-order valence-electron chi connectivity index (χ2n) is 5.22. The molecule has 5 nitrogen and oxygen atoms in total. The Morgan fingerprint density at radius 2 is 2.05 bits per heavy atom.